The third-order valence-corrected chi connectivity index (χ3v) is 3.75. The van der Waals surface area contributed by atoms with E-state index in [1.54, 1.807) is 32.0 Å². The van der Waals surface area contributed by atoms with Crippen LogP contribution in [-0.4, -0.2) is 30.5 Å². The van der Waals surface area contributed by atoms with Crippen LogP contribution in [0.1, 0.15) is 32.1 Å². The Morgan fingerprint density at radius 2 is 1.74 bits per heavy atom. The maximum atomic E-state index is 12.3. The predicted molar refractivity (Wildman–Crippen MR) is 87.9 cm³/mol. The van der Waals surface area contributed by atoms with Crippen molar-refractivity contribution >= 4 is 35.0 Å². The fourth-order valence-corrected chi connectivity index (χ4v) is 2.78. The van der Waals surface area contributed by atoms with Crippen LogP contribution in [0.15, 0.2) is 18.2 Å². The minimum atomic E-state index is -0.488. The van der Waals surface area contributed by atoms with Crippen molar-refractivity contribution in [1.82, 2.24) is 4.98 Å². The van der Waals surface area contributed by atoms with Crippen LogP contribution >= 0.6 is 23.2 Å². The molecule has 5 nitrogen and oxygen atoms in total. The van der Waals surface area contributed by atoms with Crippen LogP contribution in [0.5, 0.6) is 5.75 Å². The van der Waals surface area contributed by atoms with E-state index in [4.69, 9.17) is 32.7 Å². The number of aryl methyl sites for hydroxylation is 1. The summed E-state index contributed by atoms with van der Waals surface area (Å²) in [5, 5.41) is 0.833. The Morgan fingerprint density at radius 3 is 2.30 bits per heavy atom. The van der Waals surface area contributed by atoms with Crippen molar-refractivity contribution in [3.8, 4) is 5.75 Å². The molecule has 0 aliphatic heterocycles. The van der Waals surface area contributed by atoms with Gasteiger partial charge in [0, 0.05) is 15.7 Å². The van der Waals surface area contributed by atoms with Gasteiger partial charge < -0.3 is 14.5 Å². The first kappa shape index (κ1) is 17.4. The number of hydrogen-bond donors (Lipinski definition) is 1. The number of ether oxygens (including phenoxy) is 2. The molecule has 23 heavy (non-hydrogen) atoms. The molecule has 0 bridgehead atoms. The lowest BCUT2D eigenvalue weighted by Crippen LogP contribution is -2.13. The minimum absolute atomic E-state index is 0.210. The van der Waals surface area contributed by atoms with Gasteiger partial charge in [0.15, 0.2) is 6.61 Å². The number of rotatable bonds is 5. The highest BCUT2D eigenvalue weighted by Gasteiger charge is 2.22. The van der Waals surface area contributed by atoms with Gasteiger partial charge in [0.25, 0.3) is 0 Å². The fourth-order valence-electron chi connectivity index (χ4n) is 2.27. The Kier molecular flexibility index (Phi) is 5.34. The lowest BCUT2D eigenvalue weighted by molar-refractivity contribution is 0.0599. The number of benzene rings is 1. The third-order valence-electron chi connectivity index (χ3n) is 3.31. The van der Waals surface area contributed by atoms with Crippen LogP contribution in [-0.2, 0) is 4.74 Å². The van der Waals surface area contributed by atoms with E-state index in [1.165, 1.54) is 7.11 Å². The van der Waals surface area contributed by atoms with E-state index in [1.807, 2.05) is 0 Å². The van der Waals surface area contributed by atoms with E-state index in [9.17, 15) is 9.59 Å². The molecular formula is C16H15Cl2NO4. The zero-order valence-corrected chi connectivity index (χ0v) is 14.3. The number of carbonyl (C=O) groups is 2. The first-order chi connectivity index (χ1) is 10.8. The molecule has 122 valence electrons. The van der Waals surface area contributed by atoms with Gasteiger partial charge in [-0.3, -0.25) is 4.79 Å². The van der Waals surface area contributed by atoms with Gasteiger partial charge in [0.05, 0.1) is 18.4 Å². The highest BCUT2D eigenvalue weighted by molar-refractivity contribution is 6.34. The Bertz CT molecular complexity index is 747. The van der Waals surface area contributed by atoms with Crippen LogP contribution in [0.4, 0.5) is 0 Å². The monoisotopic (exact) mass is 355 g/mol. The molecule has 0 aliphatic carbocycles. The normalized spacial score (nSPS) is 10.5. The molecule has 0 fully saturated rings. The van der Waals surface area contributed by atoms with Gasteiger partial charge in [-0.2, -0.15) is 0 Å². The van der Waals surface area contributed by atoms with Crippen molar-refractivity contribution in [2.75, 3.05) is 13.7 Å². The van der Waals surface area contributed by atoms with Crippen molar-refractivity contribution in [3.05, 3.63) is 50.8 Å². The van der Waals surface area contributed by atoms with E-state index in [0.717, 1.165) is 0 Å². The van der Waals surface area contributed by atoms with Crippen LogP contribution in [0.25, 0.3) is 0 Å². The molecule has 0 atom stereocenters. The summed E-state index contributed by atoms with van der Waals surface area (Å²) in [6.45, 7) is 3.17. The summed E-state index contributed by atoms with van der Waals surface area (Å²) in [7, 11) is 1.29. The Morgan fingerprint density at radius 1 is 1.13 bits per heavy atom. The first-order valence-corrected chi connectivity index (χ1v) is 7.48. The molecule has 0 amide bonds. The molecule has 7 heteroatoms. The molecule has 0 radical (unpaired) electrons. The summed E-state index contributed by atoms with van der Waals surface area (Å²) in [5.41, 5.74) is 1.79. The molecule has 1 aromatic heterocycles. The number of methoxy groups -OCH3 is 1. The Labute approximate surface area is 143 Å². The van der Waals surface area contributed by atoms with Crippen molar-refractivity contribution in [2.45, 2.75) is 13.8 Å². The van der Waals surface area contributed by atoms with Gasteiger partial charge in [-0.15, -0.1) is 0 Å². The van der Waals surface area contributed by atoms with Crippen molar-refractivity contribution in [3.63, 3.8) is 0 Å². The molecule has 2 rings (SSSR count). The second-order valence-corrected chi connectivity index (χ2v) is 5.81. The zero-order chi connectivity index (χ0) is 17.1. The summed E-state index contributed by atoms with van der Waals surface area (Å²) in [5.74, 6) is -0.389. The molecule has 2 aromatic rings. The first-order valence-electron chi connectivity index (χ1n) is 6.73. The third kappa shape index (κ3) is 3.86. The number of H-pyrrole nitrogens is 1. The largest absolute Gasteiger partial charge is 0.485 e. The van der Waals surface area contributed by atoms with E-state index >= 15 is 0 Å². The van der Waals surface area contributed by atoms with Gasteiger partial charge in [-0.05, 0) is 37.6 Å². The summed E-state index contributed by atoms with van der Waals surface area (Å²) in [6.07, 6.45) is 0. The molecule has 0 saturated heterocycles. The van der Waals surface area contributed by atoms with Crippen molar-refractivity contribution in [1.29, 1.82) is 0 Å². The van der Waals surface area contributed by atoms with Crippen molar-refractivity contribution in [2.24, 2.45) is 0 Å². The molecule has 1 heterocycles. The number of aromatic nitrogens is 1. The predicted octanol–water partition coefficient (Wildman–Crippen LogP) is 3.99. The molecule has 0 aliphatic rings. The van der Waals surface area contributed by atoms with E-state index in [-0.39, 0.29) is 12.4 Å². The van der Waals surface area contributed by atoms with Crippen LogP contribution in [0.2, 0.25) is 10.0 Å². The highest BCUT2D eigenvalue weighted by Crippen LogP contribution is 2.25. The van der Waals surface area contributed by atoms with Gasteiger partial charge in [-0.1, -0.05) is 23.2 Å². The maximum Gasteiger partial charge on any atom is 0.339 e. The maximum absolute atomic E-state index is 12.3. The lowest BCUT2D eigenvalue weighted by Gasteiger charge is -2.06. The van der Waals surface area contributed by atoms with Gasteiger partial charge in [0.1, 0.15) is 5.75 Å². The van der Waals surface area contributed by atoms with E-state index in [0.29, 0.717) is 38.3 Å². The smallest absolute Gasteiger partial charge is 0.339 e. The quantitative estimate of drug-likeness (QED) is 0.650. The summed E-state index contributed by atoms with van der Waals surface area (Å²) in [4.78, 5) is 26.9. The summed E-state index contributed by atoms with van der Waals surface area (Å²) >= 11 is 11.8. The number of hydrogen-bond acceptors (Lipinski definition) is 4. The number of Topliss-reactive ketones (excluding diaryl/α,β-unsaturated/α-hetero) is 1. The zero-order valence-electron chi connectivity index (χ0n) is 12.8. The van der Waals surface area contributed by atoms with E-state index < -0.39 is 5.97 Å². The summed E-state index contributed by atoms with van der Waals surface area (Å²) < 4.78 is 10.1. The fraction of sp³-hybridized carbons (Fsp3) is 0.250. The summed E-state index contributed by atoms with van der Waals surface area (Å²) in [6, 6.07) is 4.69. The minimum Gasteiger partial charge on any atom is -0.485 e. The number of aromatic amines is 1. The Hall–Kier alpha value is -1.98. The van der Waals surface area contributed by atoms with Crippen LogP contribution < -0.4 is 4.74 Å². The second-order valence-electron chi connectivity index (χ2n) is 4.93. The van der Waals surface area contributed by atoms with Gasteiger partial charge in [-0.25, -0.2) is 4.79 Å². The molecular weight excluding hydrogens is 341 g/mol. The van der Waals surface area contributed by atoms with Gasteiger partial charge in [0.2, 0.25) is 5.78 Å². The second kappa shape index (κ2) is 7.06. The highest BCUT2D eigenvalue weighted by atomic mass is 35.5. The average Bonchev–Trinajstić information content (AvgIpc) is 2.78. The Balaban J connectivity index is 2.17. The molecule has 0 saturated carbocycles. The van der Waals surface area contributed by atoms with Crippen molar-refractivity contribution < 1.29 is 19.1 Å². The SMILES string of the molecule is COC(=O)c1c(C)[nH]c(C(=O)COc2cc(Cl)cc(Cl)c2)c1C. The molecule has 0 unspecified atom stereocenters. The molecule has 1 aromatic carbocycles. The number of nitrogens with one attached hydrogen (secondary N) is 1. The van der Waals surface area contributed by atoms with Gasteiger partial charge >= 0.3 is 5.97 Å². The number of ketones is 1. The van der Waals surface area contributed by atoms with Crippen LogP contribution in [0, 0.1) is 13.8 Å². The number of esters is 1. The average molecular weight is 356 g/mol. The van der Waals surface area contributed by atoms with E-state index in [2.05, 4.69) is 4.98 Å². The topological polar surface area (TPSA) is 68.4 Å². The van der Waals surface area contributed by atoms with Crippen LogP contribution in [0.3, 0.4) is 0 Å². The molecule has 0 spiro atoms. The lowest BCUT2D eigenvalue weighted by atomic mass is 10.1. The number of carbonyl (C=O) groups excluding carboxylic acids is 2. The number of halogens is 2. The molecule has 1 N–H and O–H groups in total. The standard InChI is InChI=1S/C16H15Cl2NO4/c1-8-14(16(21)22-3)9(2)19-15(8)13(20)7-23-12-5-10(17)4-11(18)6-12/h4-6,19H,7H2,1-3H3.